The maximum absolute atomic E-state index is 6.14. The van der Waals surface area contributed by atoms with Crippen LogP contribution in [0, 0.1) is 0 Å². The zero-order valence-corrected chi connectivity index (χ0v) is 10.8. The van der Waals surface area contributed by atoms with E-state index in [0.717, 1.165) is 19.5 Å². The highest BCUT2D eigenvalue weighted by molar-refractivity contribution is 5.37. The summed E-state index contributed by atoms with van der Waals surface area (Å²) in [4.78, 5) is 2.22. The molecule has 2 unspecified atom stereocenters. The number of nitrogens with zero attached hydrogens (tertiary/aromatic N) is 1. The molecule has 1 aliphatic rings. The molecule has 3 nitrogen and oxygen atoms in total. The maximum atomic E-state index is 6.14. The Morgan fingerprint density at radius 3 is 2.71 bits per heavy atom. The molecule has 0 radical (unpaired) electrons. The normalized spacial score (nSPS) is 23.1. The van der Waals surface area contributed by atoms with Gasteiger partial charge in [-0.15, -0.1) is 0 Å². The summed E-state index contributed by atoms with van der Waals surface area (Å²) >= 11 is 0. The minimum Gasteiger partial charge on any atom is -0.324 e. The zero-order valence-electron chi connectivity index (χ0n) is 10.8. The number of rotatable bonds is 5. The van der Waals surface area contributed by atoms with E-state index < -0.39 is 0 Å². The Morgan fingerprint density at radius 1 is 1.29 bits per heavy atom. The van der Waals surface area contributed by atoms with Gasteiger partial charge in [-0.2, -0.15) is 0 Å². The molecule has 0 saturated heterocycles. The van der Waals surface area contributed by atoms with Crippen LogP contribution < -0.4 is 11.1 Å². The van der Waals surface area contributed by atoms with E-state index in [9.17, 15) is 0 Å². The smallest absolute Gasteiger partial charge is 0.0341 e. The van der Waals surface area contributed by atoms with Crippen molar-refractivity contribution in [3.05, 3.63) is 35.4 Å². The second-order valence-corrected chi connectivity index (χ2v) is 5.13. The quantitative estimate of drug-likeness (QED) is 0.760. The van der Waals surface area contributed by atoms with Crippen molar-refractivity contribution in [3.63, 3.8) is 0 Å². The van der Waals surface area contributed by atoms with Crippen LogP contribution in [0.2, 0.25) is 0 Å². The van der Waals surface area contributed by atoms with Crippen LogP contribution in [0.15, 0.2) is 24.3 Å². The maximum Gasteiger partial charge on any atom is 0.0341 e. The first kappa shape index (κ1) is 12.6. The number of hydrogen-bond donors (Lipinski definition) is 2. The third-order valence-corrected chi connectivity index (χ3v) is 3.43. The van der Waals surface area contributed by atoms with Crippen LogP contribution in [0.25, 0.3) is 0 Å². The van der Waals surface area contributed by atoms with Gasteiger partial charge in [-0.25, -0.2) is 0 Å². The van der Waals surface area contributed by atoms with Crippen molar-refractivity contribution in [2.45, 2.75) is 24.9 Å². The lowest BCUT2D eigenvalue weighted by molar-refractivity contribution is 0.384. The zero-order chi connectivity index (χ0) is 12.3. The standard InChI is InChI=1S/C14H23N3/c1-17(2)9-5-8-16-14-10-13(15)11-6-3-4-7-12(11)14/h3-4,6-7,13-14,16H,5,8-10,15H2,1-2H3. The fraction of sp³-hybridized carbons (Fsp3) is 0.571. The molecule has 0 spiro atoms. The van der Waals surface area contributed by atoms with Gasteiger partial charge < -0.3 is 16.0 Å². The van der Waals surface area contributed by atoms with Crippen molar-refractivity contribution in [3.8, 4) is 0 Å². The predicted octanol–water partition coefficient (Wildman–Crippen LogP) is 1.67. The van der Waals surface area contributed by atoms with E-state index >= 15 is 0 Å². The summed E-state index contributed by atoms with van der Waals surface area (Å²) in [5, 5.41) is 3.62. The first-order valence-electron chi connectivity index (χ1n) is 6.41. The third-order valence-electron chi connectivity index (χ3n) is 3.43. The summed E-state index contributed by atoms with van der Waals surface area (Å²) < 4.78 is 0. The fourth-order valence-corrected chi connectivity index (χ4v) is 2.54. The summed E-state index contributed by atoms with van der Waals surface area (Å²) in [7, 11) is 4.22. The minimum absolute atomic E-state index is 0.206. The Bertz CT molecular complexity index is 362. The molecule has 1 aliphatic carbocycles. The van der Waals surface area contributed by atoms with Crippen LogP contribution in [0.4, 0.5) is 0 Å². The average Bonchev–Trinajstić information content (AvgIpc) is 2.63. The van der Waals surface area contributed by atoms with Crippen LogP contribution in [0.1, 0.15) is 36.1 Å². The summed E-state index contributed by atoms with van der Waals surface area (Å²) in [6.07, 6.45) is 2.21. The Labute approximate surface area is 104 Å². The molecule has 2 atom stereocenters. The molecule has 0 aliphatic heterocycles. The average molecular weight is 233 g/mol. The minimum atomic E-state index is 0.206. The van der Waals surface area contributed by atoms with Crippen LogP contribution >= 0.6 is 0 Å². The number of nitrogens with one attached hydrogen (secondary N) is 1. The van der Waals surface area contributed by atoms with Gasteiger partial charge in [0.15, 0.2) is 0 Å². The second kappa shape index (κ2) is 5.63. The van der Waals surface area contributed by atoms with Gasteiger partial charge in [-0.1, -0.05) is 24.3 Å². The van der Waals surface area contributed by atoms with Crippen LogP contribution in [-0.2, 0) is 0 Å². The summed E-state index contributed by atoms with van der Waals surface area (Å²) in [5.74, 6) is 0. The lowest BCUT2D eigenvalue weighted by Gasteiger charge is -2.15. The van der Waals surface area contributed by atoms with Gasteiger partial charge in [0.25, 0.3) is 0 Å². The van der Waals surface area contributed by atoms with E-state index in [-0.39, 0.29) is 6.04 Å². The van der Waals surface area contributed by atoms with Crippen molar-refractivity contribution in [1.82, 2.24) is 10.2 Å². The van der Waals surface area contributed by atoms with Gasteiger partial charge in [0.2, 0.25) is 0 Å². The SMILES string of the molecule is CN(C)CCCNC1CC(N)c2ccccc21. The first-order chi connectivity index (χ1) is 8.18. The molecule has 0 amide bonds. The summed E-state index contributed by atoms with van der Waals surface area (Å²) in [6.45, 7) is 2.19. The van der Waals surface area contributed by atoms with Crippen LogP contribution in [-0.4, -0.2) is 32.1 Å². The van der Waals surface area contributed by atoms with Gasteiger partial charge >= 0.3 is 0 Å². The van der Waals surface area contributed by atoms with Crippen molar-refractivity contribution < 1.29 is 0 Å². The van der Waals surface area contributed by atoms with Crippen molar-refractivity contribution in [2.24, 2.45) is 5.73 Å². The topological polar surface area (TPSA) is 41.3 Å². The third kappa shape index (κ3) is 3.06. The van der Waals surface area contributed by atoms with E-state index in [1.807, 2.05) is 0 Å². The van der Waals surface area contributed by atoms with Gasteiger partial charge in [-0.05, 0) is 51.2 Å². The predicted molar refractivity (Wildman–Crippen MR) is 71.9 cm³/mol. The Hall–Kier alpha value is -0.900. The fourth-order valence-electron chi connectivity index (χ4n) is 2.54. The molecule has 0 bridgehead atoms. The molecule has 0 heterocycles. The number of fused-ring (bicyclic) bond motifs is 1. The lowest BCUT2D eigenvalue weighted by atomic mass is 10.1. The molecule has 0 aromatic heterocycles. The number of benzene rings is 1. The van der Waals surface area contributed by atoms with Gasteiger partial charge in [0.1, 0.15) is 0 Å². The Balaban J connectivity index is 1.87. The largest absolute Gasteiger partial charge is 0.324 e. The van der Waals surface area contributed by atoms with E-state index in [1.165, 1.54) is 17.5 Å². The van der Waals surface area contributed by atoms with E-state index in [4.69, 9.17) is 5.73 Å². The Kier molecular flexibility index (Phi) is 4.15. The van der Waals surface area contributed by atoms with Gasteiger partial charge in [0.05, 0.1) is 0 Å². The molecule has 0 fully saturated rings. The monoisotopic (exact) mass is 233 g/mol. The number of hydrogen-bond acceptors (Lipinski definition) is 3. The van der Waals surface area contributed by atoms with E-state index in [0.29, 0.717) is 6.04 Å². The summed E-state index contributed by atoms with van der Waals surface area (Å²) in [6, 6.07) is 9.19. The molecule has 17 heavy (non-hydrogen) atoms. The van der Waals surface area contributed by atoms with Gasteiger partial charge in [0, 0.05) is 12.1 Å². The van der Waals surface area contributed by atoms with E-state index in [1.54, 1.807) is 0 Å². The Morgan fingerprint density at radius 2 is 2.00 bits per heavy atom. The summed E-state index contributed by atoms with van der Waals surface area (Å²) in [5.41, 5.74) is 8.85. The number of nitrogens with two attached hydrogens (primary N) is 1. The van der Waals surface area contributed by atoms with Crippen molar-refractivity contribution >= 4 is 0 Å². The molecule has 1 aromatic carbocycles. The molecular formula is C14H23N3. The second-order valence-electron chi connectivity index (χ2n) is 5.13. The van der Waals surface area contributed by atoms with Crippen LogP contribution in [0.5, 0.6) is 0 Å². The molecule has 3 N–H and O–H groups in total. The van der Waals surface area contributed by atoms with Crippen molar-refractivity contribution in [2.75, 3.05) is 27.2 Å². The molecular weight excluding hydrogens is 210 g/mol. The van der Waals surface area contributed by atoms with Gasteiger partial charge in [-0.3, -0.25) is 0 Å². The highest BCUT2D eigenvalue weighted by Gasteiger charge is 2.27. The molecule has 2 rings (SSSR count). The molecule has 1 aromatic rings. The molecule has 94 valence electrons. The highest BCUT2D eigenvalue weighted by Crippen LogP contribution is 2.36. The highest BCUT2D eigenvalue weighted by atomic mass is 15.1. The van der Waals surface area contributed by atoms with Crippen molar-refractivity contribution in [1.29, 1.82) is 0 Å². The lowest BCUT2D eigenvalue weighted by Crippen LogP contribution is -2.24. The first-order valence-corrected chi connectivity index (χ1v) is 6.41. The molecule has 3 heteroatoms. The van der Waals surface area contributed by atoms with Crippen LogP contribution in [0.3, 0.4) is 0 Å². The van der Waals surface area contributed by atoms with E-state index in [2.05, 4.69) is 48.6 Å². The molecule has 0 saturated carbocycles.